The highest BCUT2D eigenvalue weighted by Crippen LogP contribution is 2.32. The van der Waals surface area contributed by atoms with Gasteiger partial charge < -0.3 is 14.6 Å². The second kappa shape index (κ2) is 10.5. The summed E-state index contributed by atoms with van der Waals surface area (Å²) < 4.78 is 24.0. The summed E-state index contributed by atoms with van der Waals surface area (Å²) >= 11 is 0. The number of nitrogens with zero attached hydrogens (tertiary/aromatic N) is 1. The van der Waals surface area contributed by atoms with E-state index in [1.807, 2.05) is 13.8 Å². The third-order valence-electron chi connectivity index (χ3n) is 4.74. The fraction of sp³-hybridized carbons (Fsp3) is 0.200. The van der Waals surface area contributed by atoms with E-state index in [0.29, 0.717) is 41.4 Å². The molecule has 32 heavy (non-hydrogen) atoms. The van der Waals surface area contributed by atoms with Gasteiger partial charge in [-0.1, -0.05) is 36.4 Å². The minimum absolute atomic E-state index is 0.347. The Bertz CT molecular complexity index is 999. The third kappa shape index (κ3) is 5.31. The van der Waals surface area contributed by atoms with Crippen molar-refractivity contribution in [3.05, 3.63) is 95.3 Å². The Balaban J connectivity index is 1.91. The van der Waals surface area contributed by atoms with Crippen molar-refractivity contribution in [1.29, 1.82) is 0 Å². The number of carbonyl (C=O) groups is 1. The number of hydrogen-bond acceptors (Lipinski definition) is 5. The molecule has 0 aromatic heterocycles. The monoisotopic (exact) mass is 436 g/mol. The summed E-state index contributed by atoms with van der Waals surface area (Å²) in [6.45, 7) is 4.75. The minimum Gasteiger partial charge on any atom is -0.494 e. The number of amides is 1. The van der Waals surface area contributed by atoms with E-state index in [0.717, 1.165) is 0 Å². The lowest BCUT2D eigenvalue weighted by Crippen LogP contribution is -2.43. The zero-order chi connectivity index (χ0) is 23.0. The van der Waals surface area contributed by atoms with E-state index in [9.17, 15) is 14.3 Å². The van der Waals surface area contributed by atoms with E-state index >= 15 is 0 Å². The number of halogens is 1. The zero-order valence-corrected chi connectivity index (χ0v) is 17.9. The number of hydrazone groups is 1. The molecule has 3 aromatic carbocycles. The van der Waals surface area contributed by atoms with E-state index in [1.165, 1.54) is 30.5 Å². The highest BCUT2D eigenvalue weighted by atomic mass is 19.1. The average Bonchev–Trinajstić information content (AvgIpc) is 2.81. The van der Waals surface area contributed by atoms with Crippen LogP contribution in [-0.4, -0.2) is 30.4 Å². The van der Waals surface area contributed by atoms with Gasteiger partial charge in [-0.3, -0.25) is 4.79 Å². The van der Waals surface area contributed by atoms with Gasteiger partial charge in [0, 0.05) is 0 Å². The van der Waals surface area contributed by atoms with Crippen LogP contribution in [0.15, 0.2) is 77.9 Å². The first-order valence-corrected chi connectivity index (χ1v) is 10.3. The third-order valence-corrected chi connectivity index (χ3v) is 4.74. The average molecular weight is 436 g/mol. The summed E-state index contributed by atoms with van der Waals surface area (Å²) in [5, 5.41) is 15.5. The smallest absolute Gasteiger partial charge is 0.281 e. The Morgan fingerprint density at radius 1 is 0.906 bits per heavy atom. The molecular formula is C25H25FN2O4. The highest BCUT2D eigenvalue weighted by molar-refractivity contribution is 5.91. The minimum atomic E-state index is -2.02. The maximum atomic E-state index is 13.1. The molecule has 0 heterocycles. The molecule has 7 heteroatoms. The first kappa shape index (κ1) is 23.0. The molecule has 0 aliphatic carbocycles. The summed E-state index contributed by atoms with van der Waals surface area (Å²) in [6.07, 6.45) is 1.37. The first-order valence-electron chi connectivity index (χ1n) is 10.3. The van der Waals surface area contributed by atoms with Gasteiger partial charge in [0.15, 0.2) is 5.60 Å². The predicted octanol–water partition coefficient (Wildman–Crippen LogP) is 4.01. The molecule has 2 N–H and O–H groups in total. The molecule has 3 rings (SSSR count). The molecule has 0 fully saturated rings. The van der Waals surface area contributed by atoms with Crippen LogP contribution in [0, 0.1) is 5.82 Å². The lowest BCUT2D eigenvalue weighted by atomic mass is 9.85. The van der Waals surface area contributed by atoms with Gasteiger partial charge in [0.1, 0.15) is 17.3 Å². The Morgan fingerprint density at radius 3 is 1.81 bits per heavy atom. The van der Waals surface area contributed by atoms with E-state index < -0.39 is 11.5 Å². The van der Waals surface area contributed by atoms with E-state index in [4.69, 9.17) is 9.47 Å². The number of hydrogen-bond donors (Lipinski definition) is 2. The summed E-state index contributed by atoms with van der Waals surface area (Å²) in [5.74, 6) is 0.135. The summed E-state index contributed by atoms with van der Waals surface area (Å²) in [5.41, 5.74) is 1.66. The van der Waals surface area contributed by atoms with Crippen molar-refractivity contribution in [2.75, 3.05) is 13.2 Å². The SMILES string of the molecule is CCOc1ccc(C(O)(C(=O)N/N=C\c2ccc(F)cc2)c2ccc(OCC)cc2)cc1. The molecular weight excluding hydrogens is 411 g/mol. The number of carbonyl (C=O) groups excluding carboxylic acids is 1. The van der Waals surface area contributed by atoms with Crippen LogP contribution in [0.1, 0.15) is 30.5 Å². The van der Waals surface area contributed by atoms with E-state index in [2.05, 4.69) is 10.5 Å². The molecule has 0 saturated heterocycles. The van der Waals surface area contributed by atoms with Gasteiger partial charge in [-0.25, -0.2) is 9.82 Å². The maximum absolute atomic E-state index is 13.1. The van der Waals surface area contributed by atoms with Gasteiger partial charge in [0.05, 0.1) is 19.4 Å². The molecule has 0 atom stereocenters. The Kier molecular flexibility index (Phi) is 7.57. The van der Waals surface area contributed by atoms with Crippen molar-refractivity contribution in [1.82, 2.24) is 5.43 Å². The van der Waals surface area contributed by atoms with Crippen LogP contribution < -0.4 is 14.9 Å². The van der Waals surface area contributed by atoms with Crippen molar-refractivity contribution in [3.63, 3.8) is 0 Å². The van der Waals surface area contributed by atoms with Crippen LogP contribution in [0.25, 0.3) is 0 Å². The van der Waals surface area contributed by atoms with Gasteiger partial charge in [-0.2, -0.15) is 5.10 Å². The Labute approximate surface area is 186 Å². The Morgan fingerprint density at radius 2 is 1.38 bits per heavy atom. The van der Waals surface area contributed by atoms with E-state index in [1.54, 1.807) is 48.5 Å². The van der Waals surface area contributed by atoms with Crippen molar-refractivity contribution in [3.8, 4) is 11.5 Å². The molecule has 0 aliphatic heterocycles. The van der Waals surface area contributed by atoms with Gasteiger partial charge in [0.25, 0.3) is 5.91 Å². The highest BCUT2D eigenvalue weighted by Gasteiger charge is 2.40. The van der Waals surface area contributed by atoms with Crippen LogP contribution >= 0.6 is 0 Å². The number of rotatable bonds is 9. The zero-order valence-electron chi connectivity index (χ0n) is 17.9. The number of aliphatic hydroxyl groups is 1. The van der Waals surface area contributed by atoms with Gasteiger partial charge in [-0.15, -0.1) is 0 Å². The Hall–Kier alpha value is -3.71. The molecule has 0 bridgehead atoms. The van der Waals surface area contributed by atoms with Crippen LogP contribution in [0.4, 0.5) is 4.39 Å². The molecule has 0 radical (unpaired) electrons. The summed E-state index contributed by atoms with van der Waals surface area (Å²) in [6, 6.07) is 18.9. The van der Waals surface area contributed by atoms with Crippen LogP contribution in [0.2, 0.25) is 0 Å². The predicted molar refractivity (Wildman–Crippen MR) is 120 cm³/mol. The quantitative estimate of drug-likeness (QED) is 0.392. The fourth-order valence-electron chi connectivity index (χ4n) is 3.14. The lowest BCUT2D eigenvalue weighted by molar-refractivity contribution is -0.136. The standard InChI is InChI=1S/C25H25FN2O4/c1-3-31-22-13-7-19(8-14-22)25(30,20-9-15-23(16-10-20)32-4-2)24(29)28-27-17-18-5-11-21(26)12-6-18/h5-17,30H,3-4H2,1-2H3,(H,28,29)/b27-17-. The second-order valence-electron chi connectivity index (χ2n) is 6.88. The largest absolute Gasteiger partial charge is 0.494 e. The molecule has 6 nitrogen and oxygen atoms in total. The summed E-state index contributed by atoms with van der Waals surface area (Å²) in [7, 11) is 0. The van der Waals surface area contributed by atoms with Crippen molar-refractivity contribution >= 4 is 12.1 Å². The molecule has 3 aromatic rings. The maximum Gasteiger partial charge on any atom is 0.281 e. The van der Waals surface area contributed by atoms with E-state index in [-0.39, 0.29) is 5.82 Å². The molecule has 0 saturated carbocycles. The molecule has 0 unspecified atom stereocenters. The van der Waals surface area contributed by atoms with Gasteiger partial charge in [0.2, 0.25) is 0 Å². The molecule has 0 aliphatic rings. The molecule has 166 valence electrons. The van der Waals surface area contributed by atoms with Crippen molar-refractivity contribution < 1.29 is 23.8 Å². The fourth-order valence-corrected chi connectivity index (χ4v) is 3.14. The number of nitrogens with one attached hydrogen (secondary N) is 1. The van der Waals surface area contributed by atoms with Crippen molar-refractivity contribution in [2.45, 2.75) is 19.4 Å². The van der Waals surface area contributed by atoms with Gasteiger partial charge in [-0.05, 0) is 66.9 Å². The van der Waals surface area contributed by atoms with Crippen molar-refractivity contribution in [2.24, 2.45) is 5.10 Å². The number of benzene rings is 3. The molecule has 1 amide bonds. The lowest BCUT2D eigenvalue weighted by Gasteiger charge is -2.27. The van der Waals surface area contributed by atoms with Crippen LogP contribution in [-0.2, 0) is 10.4 Å². The van der Waals surface area contributed by atoms with Crippen LogP contribution in [0.5, 0.6) is 11.5 Å². The summed E-state index contributed by atoms with van der Waals surface area (Å²) in [4.78, 5) is 13.1. The molecule has 0 spiro atoms. The van der Waals surface area contributed by atoms with Gasteiger partial charge >= 0.3 is 0 Å². The van der Waals surface area contributed by atoms with Crippen LogP contribution in [0.3, 0.4) is 0 Å². The normalized spacial score (nSPS) is 11.4. The number of ether oxygens (including phenoxy) is 2. The topological polar surface area (TPSA) is 80.2 Å². The second-order valence-corrected chi connectivity index (χ2v) is 6.88. The first-order chi connectivity index (χ1) is 15.5.